The molecule has 0 saturated heterocycles. The van der Waals surface area contributed by atoms with E-state index >= 15 is 0 Å². The highest BCUT2D eigenvalue weighted by Gasteiger charge is 2.36. The number of hydrogen-bond acceptors (Lipinski definition) is 4. The average Bonchev–Trinajstić information content (AvgIpc) is 2.68. The molecule has 0 unspecified atom stereocenters. The van der Waals surface area contributed by atoms with E-state index in [4.69, 9.17) is 4.74 Å². The Morgan fingerprint density at radius 2 is 2.24 bits per heavy atom. The maximum Gasteiger partial charge on any atom is 0.411 e. The van der Waals surface area contributed by atoms with Crippen molar-refractivity contribution >= 4 is 32.9 Å². The van der Waals surface area contributed by atoms with E-state index in [1.807, 2.05) is 0 Å². The van der Waals surface area contributed by atoms with Crippen LogP contribution in [0.25, 0.3) is 11.0 Å². The third kappa shape index (κ3) is 1.29. The van der Waals surface area contributed by atoms with Crippen molar-refractivity contribution in [3.05, 3.63) is 44.2 Å². The summed E-state index contributed by atoms with van der Waals surface area (Å²) in [6.45, 7) is -0.161. The second-order valence-corrected chi connectivity index (χ2v) is 4.51. The third-order valence-electron chi connectivity index (χ3n) is 2.63. The SMILES string of the molecule is O=C1OCc2c1[n+](=O)c1cc(Br)ccc1n2[O-]. The van der Waals surface area contributed by atoms with Gasteiger partial charge in [-0.2, -0.15) is 0 Å². The minimum atomic E-state index is -0.763. The zero-order chi connectivity index (χ0) is 12.2. The van der Waals surface area contributed by atoms with Gasteiger partial charge in [-0.15, -0.1) is 0 Å². The first-order chi connectivity index (χ1) is 8.09. The molecule has 0 amide bonds. The Morgan fingerprint density at radius 1 is 1.47 bits per heavy atom. The maximum absolute atomic E-state index is 12.0. The van der Waals surface area contributed by atoms with E-state index in [0.29, 0.717) is 13.6 Å². The zero-order valence-electron chi connectivity index (χ0n) is 8.34. The van der Waals surface area contributed by atoms with Crippen LogP contribution in [0.1, 0.15) is 16.2 Å². The smallest absolute Gasteiger partial charge is 0.411 e. The van der Waals surface area contributed by atoms with Crippen LogP contribution >= 0.6 is 15.9 Å². The topological polar surface area (TPSA) is 77.3 Å². The van der Waals surface area contributed by atoms with Crippen LogP contribution in [-0.2, 0) is 11.3 Å². The summed E-state index contributed by atoms with van der Waals surface area (Å²) in [5.74, 6) is -0.763. The maximum atomic E-state index is 12.0. The molecule has 17 heavy (non-hydrogen) atoms. The molecule has 7 heteroatoms. The van der Waals surface area contributed by atoms with Crippen LogP contribution in [-0.4, -0.2) is 10.7 Å². The Balaban J connectivity index is 2.56. The lowest BCUT2D eigenvalue weighted by molar-refractivity contribution is -0.468. The molecule has 86 valence electrons. The Labute approximate surface area is 103 Å². The summed E-state index contributed by atoms with van der Waals surface area (Å²) in [7, 11) is 0. The van der Waals surface area contributed by atoms with Crippen LogP contribution in [0.2, 0.25) is 0 Å². The molecule has 1 aromatic heterocycles. The van der Waals surface area contributed by atoms with E-state index < -0.39 is 5.97 Å². The third-order valence-corrected chi connectivity index (χ3v) is 3.12. The van der Waals surface area contributed by atoms with Crippen LogP contribution in [0.3, 0.4) is 0 Å². The van der Waals surface area contributed by atoms with Gasteiger partial charge in [0.15, 0.2) is 0 Å². The summed E-state index contributed by atoms with van der Waals surface area (Å²) in [4.78, 5) is 23.3. The summed E-state index contributed by atoms with van der Waals surface area (Å²) >= 11 is 3.21. The van der Waals surface area contributed by atoms with Crippen molar-refractivity contribution in [2.75, 3.05) is 0 Å². The summed E-state index contributed by atoms with van der Waals surface area (Å²) in [6.07, 6.45) is 0. The second-order valence-electron chi connectivity index (χ2n) is 3.59. The van der Waals surface area contributed by atoms with Crippen LogP contribution in [0.15, 0.2) is 22.7 Å². The molecule has 0 saturated carbocycles. The van der Waals surface area contributed by atoms with Gasteiger partial charge in [0, 0.05) is 15.4 Å². The van der Waals surface area contributed by atoms with Crippen molar-refractivity contribution in [1.29, 1.82) is 0 Å². The number of cyclic esters (lactones) is 1. The molecular weight excluding hydrogens is 292 g/mol. The molecule has 0 spiro atoms. The first kappa shape index (κ1) is 10.3. The highest BCUT2D eigenvalue weighted by atomic mass is 79.9. The number of esters is 1. The van der Waals surface area contributed by atoms with E-state index in [0.717, 1.165) is 0 Å². The number of ether oxygens (including phenoxy) is 1. The lowest BCUT2D eigenvalue weighted by atomic mass is 10.2. The number of carbonyl (C=O) groups is 1. The number of fused-ring (bicyclic) bond motifs is 2. The van der Waals surface area contributed by atoms with E-state index in [-0.39, 0.29) is 29.0 Å². The van der Waals surface area contributed by atoms with Gasteiger partial charge in [-0.3, -0.25) is 0 Å². The van der Waals surface area contributed by atoms with Crippen LogP contribution in [0.5, 0.6) is 0 Å². The Kier molecular flexibility index (Phi) is 1.99. The number of benzene rings is 1. The van der Waals surface area contributed by atoms with Gasteiger partial charge in [-0.25, -0.2) is 4.79 Å². The van der Waals surface area contributed by atoms with E-state index in [1.165, 1.54) is 12.1 Å². The predicted molar refractivity (Wildman–Crippen MR) is 60.9 cm³/mol. The van der Waals surface area contributed by atoms with Gasteiger partial charge in [-0.05, 0) is 12.1 Å². The number of carbonyl (C=O) groups excluding carboxylic acids is 1. The van der Waals surface area contributed by atoms with Gasteiger partial charge in [0.2, 0.25) is 0 Å². The molecule has 0 atom stereocenters. The molecular formula is C10H5BrN2O4. The molecule has 1 aliphatic heterocycles. The average molecular weight is 297 g/mol. The fourth-order valence-corrected chi connectivity index (χ4v) is 2.19. The van der Waals surface area contributed by atoms with Crippen molar-refractivity contribution in [3.63, 3.8) is 0 Å². The molecule has 0 aliphatic carbocycles. The van der Waals surface area contributed by atoms with Gasteiger partial charge in [-0.1, -0.05) is 15.9 Å². The van der Waals surface area contributed by atoms with Crippen molar-refractivity contribution in [1.82, 2.24) is 4.73 Å². The number of hydrogen-bond donors (Lipinski definition) is 0. The highest BCUT2D eigenvalue weighted by Crippen LogP contribution is 2.22. The van der Waals surface area contributed by atoms with Gasteiger partial charge >= 0.3 is 11.7 Å². The number of halogens is 1. The quantitative estimate of drug-likeness (QED) is 0.543. The van der Waals surface area contributed by atoms with E-state index in [2.05, 4.69) is 15.9 Å². The molecule has 0 N–H and O–H groups in total. The van der Waals surface area contributed by atoms with E-state index in [1.54, 1.807) is 6.07 Å². The molecule has 1 aromatic carbocycles. The molecule has 0 fully saturated rings. The highest BCUT2D eigenvalue weighted by molar-refractivity contribution is 9.10. The number of aromatic nitrogens is 2. The minimum absolute atomic E-state index is 0.0554. The zero-order valence-corrected chi connectivity index (χ0v) is 9.93. The summed E-state index contributed by atoms with van der Waals surface area (Å²) in [6, 6.07) is 4.66. The molecule has 2 aromatic rings. The molecule has 3 rings (SSSR count). The predicted octanol–water partition coefficient (Wildman–Crippen LogP) is 1.33. The number of rotatable bonds is 0. The Hall–Kier alpha value is -1.89. The first-order valence-electron chi connectivity index (χ1n) is 4.74. The van der Waals surface area contributed by atoms with Crippen LogP contribution in [0.4, 0.5) is 0 Å². The van der Waals surface area contributed by atoms with Crippen molar-refractivity contribution in [2.45, 2.75) is 6.61 Å². The van der Waals surface area contributed by atoms with Crippen LogP contribution < -0.4 is 4.43 Å². The molecule has 0 radical (unpaired) electrons. The molecule has 2 heterocycles. The first-order valence-corrected chi connectivity index (χ1v) is 5.53. The summed E-state index contributed by atoms with van der Waals surface area (Å²) < 4.78 is 6.36. The molecule has 1 aliphatic rings. The minimum Gasteiger partial charge on any atom is -0.805 e. The lowest BCUT2D eigenvalue weighted by Gasteiger charge is -2.14. The van der Waals surface area contributed by atoms with Crippen molar-refractivity contribution in [3.8, 4) is 0 Å². The van der Waals surface area contributed by atoms with Gasteiger partial charge < -0.3 is 14.7 Å². The normalized spacial score (nSPS) is 13.8. The fourth-order valence-electron chi connectivity index (χ4n) is 1.84. The van der Waals surface area contributed by atoms with Gasteiger partial charge in [0.25, 0.3) is 5.52 Å². The second kappa shape index (κ2) is 3.30. The van der Waals surface area contributed by atoms with Gasteiger partial charge in [0.1, 0.15) is 17.8 Å². The van der Waals surface area contributed by atoms with Gasteiger partial charge in [0.05, 0.1) is 4.43 Å². The van der Waals surface area contributed by atoms with Crippen LogP contribution in [0, 0.1) is 10.1 Å². The lowest BCUT2D eigenvalue weighted by Crippen LogP contribution is -2.27. The summed E-state index contributed by atoms with van der Waals surface area (Å²) in [5, 5.41) is 11.9. The van der Waals surface area contributed by atoms with Crippen molar-refractivity contribution in [2.24, 2.45) is 0 Å². The standard InChI is InChI=1S/C10H5BrN2O4/c11-5-1-2-6-7(3-5)13(16)9-8(12(6)15)4-17-10(9)14/h1-3H,4H2. The number of nitrogens with zero attached hydrogens (tertiary/aromatic N) is 2. The monoisotopic (exact) mass is 296 g/mol. The Bertz CT molecular complexity index is 722. The summed E-state index contributed by atoms with van der Waals surface area (Å²) in [5.41, 5.74) is 0.164. The largest absolute Gasteiger partial charge is 0.805 e. The Morgan fingerprint density at radius 3 is 3.00 bits per heavy atom. The molecule has 0 bridgehead atoms. The fraction of sp³-hybridized carbons (Fsp3) is 0.100. The molecule has 6 nitrogen and oxygen atoms in total. The van der Waals surface area contributed by atoms with Crippen molar-refractivity contribution < 1.29 is 14.0 Å². The van der Waals surface area contributed by atoms with E-state index in [9.17, 15) is 14.9 Å².